The molecule has 4 fully saturated rings. The maximum absolute atomic E-state index is 15.2. The van der Waals surface area contributed by atoms with Gasteiger partial charge in [0.15, 0.2) is 22.7 Å². The summed E-state index contributed by atoms with van der Waals surface area (Å²) in [6.45, 7) is 18.6. The number of fused-ring (bicyclic) bond motifs is 7. The molecule has 15 heteroatoms. The van der Waals surface area contributed by atoms with E-state index in [4.69, 9.17) is 24.0 Å². The van der Waals surface area contributed by atoms with Crippen LogP contribution >= 0.6 is 0 Å². The van der Waals surface area contributed by atoms with E-state index in [2.05, 4.69) is 55.0 Å². The first-order chi connectivity index (χ1) is 30.8. The molecule has 1 spiro atoms. The molecule has 1 saturated heterocycles. The number of ketones is 1. The fraction of sp³-hybridized carbons (Fsp3) is 0.560. The molecule has 6 atom stereocenters. The van der Waals surface area contributed by atoms with Gasteiger partial charge in [-0.05, 0) is 92.3 Å². The SMILES string of the molecule is COC(=O)/C(C)=C\CC1(O)C(=O)C2CC(C(C)C)C13Oc1c(CC=C(C)C)c4c(c(OC(=O)CCC(=O)N5CCN(C)CC5)c1C1=C3C2n2cnc(n2)N1)C=CC(C)(CCC=C(C)C)O4. The fourth-order valence-electron chi connectivity index (χ4n) is 10.7. The van der Waals surface area contributed by atoms with Gasteiger partial charge in [0.1, 0.15) is 23.4 Å². The van der Waals surface area contributed by atoms with E-state index < -0.39 is 52.4 Å². The standard InChI is InChI=1S/C50H64N6O9/c1-28(2)12-11-19-48(8)20-18-33-42(64-48)32(14-13-29(3)4)44-38(43(33)63-37(58)16-15-36(57)55-24-22-54(9)23-25-55)40-39-41(56-27-51-47(52-40)53-56)34-26-35(30(5)6)50(39,65-44)49(61,45(34)59)21-17-31(7)46(60)62-10/h12-13,17-18,20,27,30,34-35,41,61H,11,14-16,19,21-26H2,1-10H3,(H,52,53)/b31-17-. The van der Waals surface area contributed by atoms with E-state index in [0.717, 1.165) is 25.1 Å². The molecular formula is C50H64N6O9. The molecule has 65 heavy (non-hydrogen) atoms. The Morgan fingerprint density at radius 2 is 1.74 bits per heavy atom. The lowest BCUT2D eigenvalue weighted by atomic mass is 9.46. The number of allylic oxidation sites excluding steroid dienone is 4. The third kappa shape index (κ3) is 7.91. The number of aliphatic hydroxyl groups is 1. The Morgan fingerprint density at radius 1 is 1.02 bits per heavy atom. The summed E-state index contributed by atoms with van der Waals surface area (Å²) in [7, 11) is 3.31. The van der Waals surface area contributed by atoms with Crippen molar-refractivity contribution in [1.29, 1.82) is 0 Å². The van der Waals surface area contributed by atoms with E-state index >= 15 is 4.79 Å². The van der Waals surface area contributed by atoms with Crippen LogP contribution in [-0.2, 0) is 30.3 Å². The van der Waals surface area contributed by atoms with Crippen LogP contribution in [0.4, 0.5) is 5.95 Å². The van der Waals surface area contributed by atoms with Crippen molar-refractivity contribution in [1.82, 2.24) is 24.6 Å². The summed E-state index contributed by atoms with van der Waals surface area (Å²) in [4.78, 5) is 64.3. The number of likely N-dealkylation sites (N-methyl/N-ethyl adjacent to an activating group) is 1. The third-order valence-electron chi connectivity index (χ3n) is 14.2. The first kappa shape index (κ1) is 46.0. The summed E-state index contributed by atoms with van der Waals surface area (Å²) in [6.07, 6.45) is 13.0. The van der Waals surface area contributed by atoms with Crippen LogP contribution in [0.5, 0.6) is 17.2 Å². The van der Waals surface area contributed by atoms with Crippen LogP contribution in [0, 0.1) is 17.8 Å². The molecule has 2 N–H and O–H groups in total. The van der Waals surface area contributed by atoms with Crippen LogP contribution in [-0.4, -0.2) is 110 Å². The van der Waals surface area contributed by atoms with Crippen LogP contribution in [0.2, 0.25) is 0 Å². The Morgan fingerprint density at radius 3 is 2.42 bits per heavy atom. The largest absolute Gasteiger partial charge is 0.482 e. The van der Waals surface area contributed by atoms with E-state index in [-0.39, 0.29) is 54.1 Å². The molecule has 9 rings (SSSR count). The Labute approximate surface area is 381 Å². The first-order valence-corrected chi connectivity index (χ1v) is 23.0. The molecule has 4 bridgehead atoms. The zero-order valence-electron chi connectivity index (χ0n) is 39.5. The van der Waals surface area contributed by atoms with Crippen LogP contribution in [0.15, 0.2) is 52.9 Å². The predicted octanol–water partition coefficient (Wildman–Crippen LogP) is 6.78. The topological polar surface area (TPSA) is 175 Å². The monoisotopic (exact) mass is 892 g/mol. The van der Waals surface area contributed by atoms with Crippen LogP contribution in [0.1, 0.15) is 117 Å². The number of ether oxygens (including phenoxy) is 4. The number of carbonyl (C=O) groups is 4. The molecule has 5 heterocycles. The number of esters is 2. The molecule has 2 aromatic rings. The fourth-order valence-corrected chi connectivity index (χ4v) is 10.7. The van der Waals surface area contributed by atoms with Gasteiger partial charge < -0.3 is 39.2 Å². The molecule has 3 saturated carbocycles. The minimum absolute atomic E-state index is 0.0277. The normalized spacial score (nSPS) is 27.4. The van der Waals surface area contributed by atoms with Gasteiger partial charge in [0.25, 0.3) is 0 Å². The van der Waals surface area contributed by atoms with E-state index in [1.807, 2.05) is 40.0 Å². The number of methoxy groups -OCH3 is 1. The number of amides is 1. The van der Waals surface area contributed by atoms with Crippen LogP contribution in [0.3, 0.4) is 0 Å². The molecule has 4 aliphatic heterocycles. The Kier molecular flexibility index (Phi) is 12.3. The smallest absolute Gasteiger partial charge is 0.333 e. The van der Waals surface area contributed by atoms with Gasteiger partial charge in [0, 0.05) is 67.6 Å². The van der Waals surface area contributed by atoms with Crippen molar-refractivity contribution in [2.45, 2.75) is 123 Å². The molecule has 1 aromatic carbocycles. The maximum atomic E-state index is 15.2. The summed E-state index contributed by atoms with van der Waals surface area (Å²) < 4.78 is 28.0. The van der Waals surface area contributed by atoms with Crippen molar-refractivity contribution in [3.8, 4) is 17.2 Å². The molecule has 348 valence electrons. The number of Topliss-reactive ketones (excluding diaryl/α,β-unsaturated/α-hetero) is 1. The number of anilines is 1. The summed E-state index contributed by atoms with van der Waals surface area (Å²) in [6, 6.07) is -0.727. The summed E-state index contributed by atoms with van der Waals surface area (Å²) in [5.41, 5.74) is 0.392. The molecule has 1 aromatic heterocycles. The molecule has 0 radical (unpaired) electrons. The summed E-state index contributed by atoms with van der Waals surface area (Å²) >= 11 is 0. The number of rotatable bonds is 13. The van der Waals surface area contributed by atoms with Crippen molar-refractivity contribution in [3.05, 3.63) is 69.6 Å². The Hall–Kier alpha value is -5.54. The highest BCUT2D eigenvalue weighted by molar-refractivity contribution is 6.02. The average Bonchev–Trinajstić information content (AvgIpc) is 3.65. The average molecular weight is 893 g/mol. The van der Waals surface area contributed by atoms with E-state index in [1.165, 1.54) is 12.7 Å². The molecule has 7 aliphatic rings. The van der Waals surface area contributed by atoms with Gasteiger partial charge in [-0.15, -0.1) is 5.10 Å². The Bertz CT molecular complexity index is 2460. The second-order valence-electron chi connectivity index (χ2n) is 19.7. The minimum Gasteiger partial charge on any atom is -0.482 e. The van der Waals surface area contributed by atoms with E-state index in [9.17, 15) is 19.5 Å². The van der Waals surface area contributed by atoms with Crippen molar-refractivity contribution in [3.63, 3.8) is 0 Å². The number of carbonyl (C=O) groups excluding carboxylic acids is 4. The predicted molar refractivity (Wildman–Crippen MR) is 245 cm³/mol. The molecule has 1 amide bonds. The van der Waals surface area contributed by atoms with Gasteiger partial charge in [-0.25, -0.2) is 14.5 Å². The highest BCUT2D eigenvalue weighted by atomic mass is 16.6. The van der Waals surface area contributed by atoms with Crippen LogP contribution < -0.4 is 19.5 Å². The first-order valence-electron chi connectivity index (χ1n) is 23.0. The van der Waals surface area contributed by atoms with Crippen molar-refractivity contribution >= 4 is 41.4 Å². The van der Waals surface area contributed by atoms with Crippen molar-refractivity contribution in [2.24, 2.45) is 17.8 Å². The number of nitrogens with one attached hydrogen (secondary N) is 1. The quantitative estimate of drug-likeness (QED) is 0.0933. The summed E-state index contributed by atoms with van der Waals surface area (Å²) in [5, 5.41) is 21.8. The lowest BCUT2D eigenvalue weighted by molar-refractivity contribution is -0.210. The number of aromatic nitrogens is 3. The molecule has 6 unspecified atom stereocenters. The maximum Gasteiger partial charge on any atom is 0.333 e. The highest BCUT2D eigenvalue weighted by Crippen LogP contribution is 2.68. The van der Waals surface area contributed by atoms with Crippen LogP contribution in [0.25, 0.3) is 11.8 Å². The van der Waals surface area contributed by atoms with Crippen molar-refractivity contribution < 1.29 is 43.2 Å². The molecule has 3 aliphatic carbocycles. The van der Waals surface area contributed by atoms with E-state index in [1.54, 1.807) is 28.9 Å². The molecule has 15 nitrogen and oxygen atoms in total. The number of benzene rings is 1. The van der Waals surface area contributed by atoms with Gasteiger partial charge >= 0.3 is 11.9 Å². The van der Waals surface area contributed by atoms with Gasteiger partial charge in [-0.3, -0.25) is 14.4 Å². The number of hydrogen-bond acceptors (Lipinski definition) is 13. The van der Waals surface area contributed by atoms with E-state index in [0.29, 0.717) is 66.1 Å². The zero-order valence-corrected chi connectivity index (χ0v) is 39.5. The van der Waals surface area contributed by atoms with Gasteiger partial charge in [0.05, 0.1) is 36.4 Å². The zero-order chi connectivity index (χ0) is 46.7. The minimum atomic E-state index is -2.19. The second-order valence-corrected chi connectivity index (χ2v) is 19.7. The van der Waals surface area contributed by atoms with Gasteiger partial charge in [0.2, 0.25) is 11.9 Å². The summed E-state index contributed by atoms with van der Waals surface area (Å²) in [5.74, 6) is -1.88. The lowest BCUT2D eigenvalue weighted by Gasteiger charge is -2.64. The second kappa shape index (κ2) is 17.4. The van der Waals surface area contributed by atoms with Gasteiger partial charge in [-0.1, -0.05) is 43.2 Å². The highest BCUT2D eigenvalue weighted by Gasteiger charge is 2.76. The molecular weight excluding hydrogens is 829 g/mol. The van der Waals surface area contributed by atoms with Gasteiger partial charge in [-0.2, -0.15) is 0 Å². The number of hydrogen-bond donors (Lipinski definition) is 2. The lowest BCUT2D eigenvalue weighted by Crippen LogP contribution is -2.78. The van der Waals surface area contributed by atoms with Crippen molar-refractivity contribution in [2.75, 3.05) is 45.7 Å². The Balaban J connectivity index is 1.38. The third-order valence-corrected chi connectivity index (χ3v) is 14.2. The number of nitrogens with zero attached hydrogens (tertiary/aromatic N) is 5. The number of piperazine rings is 1.